The van der Waals surface area contributed by atoms with E-state index in [4.69, 9.17) is 13.9 Å². The molecule has 0 bridgehead atoms. The van der Waals surface area contributed by atoms with Crippen LogP contribution in [0.5, 0.6) is 5.75 Å². The van der Waals surface area contributed by atoms with E-state index in [0.29, 0.717) is 18.8 Å². The molecule has 2 heterocycles. The molecule has 1 amide bonds. The van der Waals surface area contributed by atoms with Crippen LogP contribution in [0.4, 0.5) is 0 Å². The van der Waals surface area contributed by atoms with Crippen molar-refractivity contribution in [2.45, 2.75) is 26.8 Å². The smallest absolute Gasteiger partial charge is 0.311 e. The van der Waals surface area contributed by atoms with Gasteiger partial charge in [-0.15, -0.1) is 0 Å². The average molecular weight is 357 g/mol. The zero-order valence-electron chi connectivity index (χ0n) is 15.1. The minimum Gasteiger partial charge on any atom is -0.490 e. The van der Waals surface area contributed by atoms with E-state index in [-0.39, 0.29) is 31.5 Å². The predicted octanol–water partition coefficient (Wildman–Crippen LogP) is 2.87. The van der Waals surface area contributed by atoms with Crippen LogP contribution < -0.4 is 4.74 Å². The summed E-state index contributed by atoms with van der Waals surface area (Å²) >= 11 is 0. The number of rotatable bonds is 7. The first kappa shape index (κ1) is 18.0. The van der Waals surface area contributed by atoms with Crippen LogP contribution >= 0.6 is 0 Å². The number of likely N-dealkylation sites (tertiary alicyclic amines) is 1. The SMILES string of the molecule is Cc1ccc(C)c(OCCOC(=O)C2CC(=O)N(Cc3ccco3)C2)c1. The van der Waals surface area contributed by atoms with Gasteiger partial charge in [-0.25, -0.2) is 0 Å². The van der Waals surface area contributed by atoms with Gasteiger partial charge in [0.2, 0.25) is 5.91 Å². The molecule has 2 aromatic rings. The van der Waals surface area contributed by atoms with E-state index >= 15 is 0 Å². The minimum absolute atomic E-state index is 0.0602. The molecule has 0 aliphatic carbocycles. The Bertz CT molecular complexity index is 769. The molecule has 3 rings (SSSR count). The van der Waals surface area contributed by atoms with Gasteiger partial charge in [-0.3, -0.25) is 9.59 Å². The molecule has 138 valence electrons. The second kappa shape index (κ2) is 8.08. The molecule has 0 N–H and O–H groups in total. The zero-order chi connectivity index (χ0) is 18.5. The second-order valence-corrected chi connectivity index (χ2v) is 6.54. The molecule has 6 nitrogen and oxygen atoms in total. The molecule has 0 spiro atoms. The van der Waals surface area contributed by atoms with E-state index in [1.165, 1.54) is 0 Å². The van der Waals surface area contributed by atoms with Crippen molar-refractivity contribution >= 4 is 11.9 Å². The summed E-state index contributed by atoms with van der Waals surface area (Å²) in [6.07, 6.45) is 1.74. The van der Waals surface area contributed by atoms with Crippen LogP contribution in [0, 0.1) is 19.8 Å². The van der Waals surface area contributed by atoms with Crippen molar-refractivity contribution < 1.29 is 23.5 Å². The molecule has 0 radical (unpaired) electrons. The van der Waals surface area contributed by atoms with Gasteiger partial charge in [-0.2, -0.15) is 0 Å². The highest BCUT2D eigenvalue weighted by Gasteiger charge is 2.35. The van der Waals surface area contributed by atoms with Gasteiger partial charge in [0.25, 0.3) is 0 Å². The van der Waals surface area contributed by atoms with Gasteiger partial charge in [-0.1, -0.05) is 12.1 Å². The summed E-state index contributed by atoms with van der Waals surface area (Å²) in [4.78, 5) is 25.9. The summed E-state index contributed by atoms with van der Waals surface area (Å²) in [5.41, 5.74) is 2.15. The molecule has 6 heteroatoms. The number of amides is 1. The lowest BCUT2D eigenvalue weighted by molar-refractivity contribution is -0.149. The van der Waals surface area contributed by atoms with Gasteiger partial charge >= 0.3 is 5.97 Å². The monoisotopic (exact) mass is 357 g/mol. The summed E-state index contributed by atoms with van der Waals surface area (Å²) in [6, 6.07) is 9.56. The third-order valence-corrected chi connectivity index (χ3v) is 4.40. The summed E-state index contributed by atoms with van der Waals surface area (Å²) < 4.78 is 16.2. The molecule has 1 atom stereocenters. The molecule has 1 aliphatic rings. The third kappa shape index (κ3) is 4.45. The topological polar surface area (TPSA) is 69.0 Å². The predicted molar refractivity (Wildman–Crippen MR) is 94.6 cm³/mol. The number of nitrogens with zero attached hydrogens (tertiary/aromatic N) is 1. The number of hydrogen-bond acceptors (Lipinski definition) is 5. The zero-order valence-corrected chi connectivity index (χ0v) is 15.1. The van der Waals surface area contributed by atoms with Crippen molar-refractivity contribution in [3.05, 3.63) is 53.5 Å². The highest BCUT2D eigenvalue weighted by atomic mass is 16.6. The summed E-state index contributed by atoms with van der Waals surface area (Å²) in [6.45, 7) is 5.15. The van der Waals surface area contributed by atoms with Gasteiger partial charge in [0.15, 0.2) is 0 Å². The maximum atomic E-state index is 12.2. The quantitative estimate of drug-likeness (QED) is 0.563. The van der Waals surface area contributed by atoms with Crippen molar-refractivity contribution in [3.8, 4) is 5.75 Å². The second-order valence-electron chi connectivity index (χ2n) is 6.54. The highest BCUT2D eigenvalue weighted by molar-refractivity contribution is 5.86. The van der Waals surface area contributed by atoms with Crippen molar-refractivity contribution in [2.24, 2.45) is 5.92 Å². The average Bonchev–Trinajstić information content (AvgIpc) is 3.25. The fourth-order valence-electron chi connectivity index (χ4n) is 2.95. The van der Waals surface area contributed by atoms with E-state index in [2.05, 4.69) is 0 Å². The molecular formula is C20H23NO5. The van der Waals surface area contributed by atoms with E-state index in [1.807, 2.05) is 38.1 Å². The minimum atomic E-state index is -0.432. The molecule has 1 saturated heterocycles. The summed E-state index contributed by atoms with van der Waals surface area (Å²) in [5.74, 6) is 0.647. The Morgan fingerprint density at radius 1 is 1.27 bits per heavy atom. The number of hydrogen-bond donors (Lipinski definition) is 0. The number of benzene rings is 1. The standard InChI is InChI=1S/C20H23NO5/c1-14-5-6-15(2)18(10-14)25-8-9-26-20(23)16-11-19(22)21(12-16)13-17-4-3-7-24-17/h3-7,10,16H,8-9,11-13H2,1-2H3. The Morgan fingerprint density at radius 2 is 2.12 bits per heavy atom. The van der Waals surface area contributed by atoms with E-state index in [0.717, 1.165) is 16.9 Å². The molecule has 1 aromatic heterocycles. The third-order valence-electron chi connectivity index (χ3n) is 4.40. The molecular weight excluding hydrogens is 334 g/mol. The normalized spacial score (nSPS) is 16.8. The van der Waals surface area contributed by atoms with E-state index < -0.39 is 5.92 Å². The Labute approximate surface area is 152 Å². The van der Waals surface area contributed by atoms with E-state index in [1.54, 1.807) is 17.2 Å². The first-order chi connectivity index (χ1) is 12.5. The fraction of sp³-hybridized carbons (Fsp3) is 0.400. The van der Waals surface area contributed by atoms with E-state index in [9.17, 15) is 9.59 Å². The summed E-state index contributed by atoms with van der Waals surface area (Å²) in [5, 5.41) is 0. The Kier molecular flexibility index (Phi) is 5.61. The first-order valence-corrected chi connectivity index (χ1v) is 8.70. The van der Waals surface area contributed by atoms with Gasteiger partial charge in [0.05, 0.1) is 18.7 Å². The van der Waals surface area contributed by atoms with Crippen LogP contribution in [0.2, 0.25) is 0 Å². The first-order valence-electron chi connectivity index (χ1n) is 8.70. The van der Waals surface area contributed by atoms with Gasteiger partial charge in [0.1, 0.15) is 24.7 Å². The van der Waals surface area contributed by atoms with Crippen LogP contribution in [0.15, 0.2) is 41.0 Å². The van der Waals surface area contributed by atoms with Crippen LogP contribution in [-0.4, -0.2) is 36.5 Å². The number of ether oxygens (including phenoxy) is 2. The number of carbonyl (C=O) groups is 2. The van der Waals surface area contributed by atoms with Gasteiger partial charge < -0.3 is 18.8 Å². The Hall–Kier alpha value is -2.76. The van der Waals surface area contributed by atoms with Crippen molar-refractivity contribution in [3.63, 3.8) is 0 Å². The van der Waals surface area contributed by atoms with Gasteiger partial charge in [0, 0.05) is 13.0 Å². The fourth-order valence-corrected chi connectivity index (χ4v) is 2.95. The highest BCUT2D eigenvalue weighted by Crippen LogP contribution is 2.22. The number of carbonyl (C=O) groups excluding carboxylic acids is 2. The summed E-state index contributed by atoms with van der Waals surface area (Å²) in [7, 11) is 0. The molecule has 1 fully saturated rings. The van der Waals surface area contributed by atoms with Crippen LogP contribution in [-0.2, 0) is 20.9 Å². The maximum Gasteiger partial charge on any atom is 0.311 e. The lowest BCUT2D eigenvalue weighted by Gasteiger charge is -2.15. The number of furan rings is 1. The van der Waals surface area contributed by atoms with Crippen molar-refractivity contribution in [1.29, 1.82) is 0 Å². The Morgan fingerprint density at radius 3 is 2.88 bits per heavy atom. The molecule has 0 saturated carbocycles. The molecule has 1 aromatic carbocycles. The van der Waals surface area contributed by atoms with Crippen molar-refractivity contribution in [1.82, 2.24) is 4.90 Å². The largest absolute Gasteiger partial charge is 0.490 e. The van der Waals surface area contributed by atoms with Crippen molar-refractivity contribution in [2.75, 3.05) is 19.8 Å². The lowest BCUT2D eigenvalue weighted by Crippen LogP contribution is -2.26. The maximum absolute atomic E-state index is 12.2. The number of aryl methyl sites for hydroxylation is 2. The van der Waals surface area contributed by atoms with Crippen LogP contribution in [0.3, 0.4) is 0 Å². The van der Waals surface area contributed by atoms with Crippen LogP contribution in [0.25, 0.3) is 0 Å². The molecule has 26 heavy (non-hydrogen) atoms. The molecule has 1 unspecified atom stereocenters. The lowest BCUT2D eigenvalue weighted by atomic mass is 10.1. The molecule has 1 aliphatic heterocycles. The number of esters is 1. The Balaban J connectivity index is 1.42. The van der Waals surface area contributed by atoms with Crippen LogP contribution in [0.1, 0.15) is 23.3 Å². The van der Waals surface area contributed by atoms with Gasteiger partial charge in [-0.05, 0) is 43.2 Å².